The molecule has 0 aliphatic heterocycles. The molecular formula is C10H7Cs. The summed E-state index contributed by atoms with van der Waals surface area (Å²) >= 11 is 0. The van der Waals surface area contributed by atoms with Crippen LogP contribution in [0.1, 0.15) is 0 Å². The quantitative estimate of drug-likeness (QED) is 0.568. The molecule has 1 heteroatoms. The van der Waals surface area contributed by atoms with Crippen molar-refractivity contribution in [3.63, 3.8) is 0 Å². The number of rotatable bonds is 0. The van der Waals surface area contributed by atoms with E-state index in [1.165, 1.54) is 10.8 Å². The topological polar surface area (TPSA) is 0 Å². The maximum atomic E-state index is 3.15. The molecule has 2 aromatic carbocycles. The van der Waals surface area contributed by atoms with Crippen molar-refractivity contribution >= 4 is 10.8 Å². The third-order valence-electron chi connectivity index (χ3n) is 1.57. The maximum absolute atomic E-state index is 3.15. The molecule has 0 heterocycles. The van der Waals surface area contributed by atoms with Gasteiger partial charge in [-0.2, -0.15) is 0 Å². The Bertz CT molecular complexity index is 276. The van der Waals surface area contributed by atoms with Gasteiger partial charge in [-0.25, -0.2) is 0 Å². The summed E-state index contributed by atoms with van der Waals surface area (Å²) in [5.41, 5.74) is 0. The third-order valence-corrected chi connectivity index (χ3v) is 1.57. The summed E-state index contributed by atoms with van der Waals surface area (Å²) in [6.45, 7) is 0. The average molecular weight is 260 g/mol. The van der Waals surface area contributed by atoms with Gasteiger partial charge >= 0.3 is 68.9 Å². The third kappa shape index (κ3) is 2.34. The van der Waals surface area contributed by atoms with Crippen molar-refractivity contribution in [1.82, 2.24) is 0 Å². The van der Waals surface area contributed by atoms with Crippen LogP contribution in [-0.2, 0) is 0 Å². The molecule has 0 spiro atoms. The molecule has 0 aromatic heterocycles. The van der Waals surface area contributed by atoms with E-state index in [-0.39, 0.29) is 68.9 Å². The van der Waals surface area contributed by atoms with Gasteiger partial charge in [-0.1, -0.05) is 12.1 Å². The van der Waals surface area contributed by atoms with Gasteiger partial charge in [0.15, 0.2) is 0 Å². The van der Waals surface area contributed by atoms with Crippen LogP contribution in [0.2, 0.25) is 0 Å². The van der Waals surface area contributed by atoms with Crippen LogP contribution in [0.4, 0.5) is 0 Å². The Morgan fingerprint density at radius 1 is 0.909 bits per heavy atom. The van der Waals surface area contributed by atoms with E-state index in [1.54, 1.807) is 0 Å². The zero-order chi connectivity index (χ0) is 6.81. The minimum absolute atomic E-state index is 0. The molecule has 2 rings (SSSR count). The van der Waals surface area contributed by atoms with E-state index in [9.17, 15) is 0 Å². The molecule has 0 amide bonds. The molecule has 0 saturated carbocycles. The van der Waals surface area contributed by atoms with Gasteiger partial charge in [0.25, 0.3) is 0 Å². The molecular weight excluding hydrogens is 253 g/mol. The summed E-state index contributed by atoms with van der Waals surface area (Å²) < 4.78 is 0. The van der Waals surface area contributed by atoms with Crippen molar-refractivity contribution < 1.29 is 68.9 Å². The second-order valence-electron chi connectivity index (χ2n) is 2.26. The van der Waals surface area contributed by atoms with Crippen LogP contribution in [0, 0.1) is 6.07 Å². The molecule has 48 valence electrons. The standard InChI is InChI=1S/C10H7.Cs/c1-2-6-10-8-4-3-7-9(10)5-1;/h1-7H;/q-1;+1. The molecule has 11 heavy (non-hydrogen) atoms. The average Bonchev–Trinajstić information content (AvgIpc) is 2.05. The minimum atomic E-state index is 0. The fourth-order valence-corrected chi connectivity index (χ4v) is 1.06. The first-order valence-electron chi connectivity index (χ1n) is 3.32. The van der Waals surface area contributed by atoms with Gasteiger partial charge in [-0.05, 0) is 0 Å². The van der Waals surface area contributed by atoms with Crippen LogP contribution >= 0.6 is 0 Å². The van der Waals surface area contributed by atoms with Gasteiger partial charge in [-0.3, -0.25) is 0 Å². The Morgan fingerprint density at radius 3 is 2.45 bits per heavy atom. The second kappa shape index (κ2) is 4.70. The molecule has 0 unspecified atom stereocenters. The smallest absolute Gasteiger partial charge is 0.147 e. The summed E-state index contributed by atoms with van der Waals surface area (Å²) in [4.78, 5) is 0. The zero-order valence-electron chi connectivity index (χ0n) is 6.54. The molecule has 0 N–H and O–H groups in total. The van der Waals surface area contributed by atoms with E-state index in [0.717, 1.165) is 0 Å². The molecule has 0 fully saturated rings. The van der Waals surface area contributed by atoms with Gasteiger partial charge in [0.05, 0.1) is 0 Å². The molecule has 0 aliphatic carbocycles. The van der Waals surface area contributed by atoms with Crippen LogP contribution in [-0.4, -0.2) is 0 Å². The first-order valence-corrected chi connectivity index (χ1v) is 3.32. The number of hydrogen-bond acceptors (Lipinski definition) is 0. The fraction of sp³-hybridized carbons (Fsp3) is 0. The minimum Gasteiger partial charge on any atom is -0.147 e. The molecule has 2 aromatic rings. The SMILES string of the molecule is [Cs+].[c-]1cccc2ccccc12. The Kier molecular flexibility index (Phi) is 4.20. The maximum Gasteiger partial charge on any atom is 1.00 e. The Balaban J connectivity index is 0.000000605. The van der Waals surface area contributed by atoms with Crippen molar-refractivity contribution in [1.29, 1.82) is 0 Å². The number of benzene rings is 2. The van der Waals surface area contributed by atoms with Crippen molar-refractivity contribution in [3.8, 4) is 0 Å². The van der Waals surface area contributed by atoms with E-state index in [0.29, 0.717) is 0 Å². The summed E-state index contributed by atoms with van der Waals surface area (Å²) in [7, 11) is 0. The van der Waals surface area contributed by atoms with E-state index >= 15 is 0 Å². The first-order chi connectivity index (χ1) is 4.97. The largest absolute Gasteiger partial charge is 1.00 e. The normalized spacial score (nSPS) is 9.09. The van der Waals surface area contributed by atoms with Crippen LogP contribution in [0.5, 0.6) is 0 Å². The summed E-state index contributed by atoms with van der Waals surface area (Å²) in [6.07, 6.45) is 0. The first kappa shape index (κ1) is 9.84. The van der Waals surface area contributed by atoms with Crippen molar-refractivity contribution in [3.05, 3.63) is 48.5 Å². The van der Waals surface area contributed by atoms with Crippen molar-refractivity contribution in [2.75, 3.05) is 0 Å². The molecule has 0 aliphatic rings. The summed E-state index contributed by atoms with van der Waals surface area (Å²) in [5.74, 6) is 0. The monoisotopic (exact) mass is 260 g/mol. The van der Waals surface area contributed by atoms with Gasteiger partial charge < -0.3 is 0 Å². The van der Waals surface area contributed by atoms with Crippen molar-refractivity contribution in [2.24, 2.45) is 0 Å². The van der Waals surface area contributed by atoms with E-state index < -0.39 is 0 Å². The van der Waals surface area contributed by atoms with Crippen LogP contribution in [0.3, 0.4) is 0 Å². The van der Waals surface area contributed by atoms with Crippen LogP contribution in [0.25, 0.3) is 10.8 Å². The van der Waals surface area contributed by atoms with Gasteiger partial charge in [-0.15, -0.1) is 47.2 Å². The second-order valence-corrected chi connectivity index (χ2v) is 2.26. The number of fused-ring (bicyclic) bond motifs is 1. The Morgan fingerprint density at radius 2 is 1.64 bits per heavy atom. The van der Waals surface area contributed by atoms with E-state index in [1.807, 2.05) is 24.3 Å². The van der Waals surface area contributed by atoms with Crippen LogP contribution in [0.15, 0.2) is 42.5 Å². The van der Waals surface area contributed by atoms with E-state index in [2.05, 4.69) is 24.3 Å². The predicted molar refractivity (Wildman–Crippen MR) is 42.8 cm³/mol. The predicted octanol–water partition coefficient (Wildman–Crippen LogP) is -0.356. The van der Waals surface area contributed by atoms with Crippen LogP contribution < -0.4 is 68.9 Å². The van der Waals surface area contributed by atoms with Gasteiger partial charge in [0.2, 0.25) is 0 Å². The summed E-state index contributed by atoms with van der Waals surface area (Å²) in [6, 6.07) is 17.4. The van der Waals surface area contributed by atoms with Gasteiger partial charge in [0.1, 0.15) is 0 Å². The Labute approximate surface area is 125 Å². The Hall–Kier alpha value is 0.752. The van der Waals surface area contributed by atoms with Gasteiger partial charge in [0, 0.05) is 0 Å². The molecule has 0 bridgehead atoms. The van der Waals surface area contributed by atoms with E-state index in [4.69, 9.17) is 0 Å². The van der Waals surface area contributed by atoms with Crippen molar-refractivity contribution in [2.45, 2.75) is 0 Å². The molecule has 0 nitrogen and oxygen atoms in total. The molecule has 0 atom stereocenters. The molecule has 0 radical (unpaired) electrons. The number of hydrogen-bond donors (Lipinski definition) is 0. The zero-order valence-corrected chi connectivity index (χ0v) is 12.8. The molecule has 0 saturated heterocycles. The summed E-state index contributed by atoms with van der Waals surface area (Å²) in [5, 5.41) is 2.44. The fourth-order valence-electron chi connectivity index (χ4n) is 1.06.